The zero-order valence-electron chi connectivity index (χ0n) is 14.9. The van der Waals surface area contributed by atoms with Gasteiger partial charge in [0, 0.05) is 10.6 Å². The van der Waals surface area contributed by atoms with Crippen molar-refractivity contribution in [2.24, 2.45) is 5.92 Å². The number of hydrogen-bond donors (Lipinski definition) is 3. The average Bonchev–Trinajstić information content (AvgIpc) is 2.69. The lowest BCUT2D eigenvalue weighted by atomic mass is 9.94. The van der Waals surface area contributed by atoms with Gasteiger partial charge in [0.25, 0.3) is 5.91 Å². The van der Waals surface area contributed by atoms with Gasteiger partial charge in [-0.15, -0.1) is 0 Å². The van der Waals surface area contributed by atoms with Crippen molar-refractivity contribution in [3.8, 4) is 6.07 Å². The maximum atomic E-state index is 12.4. The fraction of sp³-hybridized carbons (Fsp3) is 0.200. The molecule has 0 aliphatic rings. The summed E-state index contributed by atoms with van der Waals surface area (Å²) in [6.45, 7) is 8.48. The molecule has 0 unspecified atom stereocenters. The fourth-order valence-electron chi connectivity index (χ4n) is 2.48. The van der Waals surface area contributed by atoms with Crippen LogP contribution >= 0.6 is 11.6 Å². The molecule has 0 aliphatic heterocycles. The molecule has 0 saturated carbocycles. The molecule has 3 N–H and O–H groups in total. The largest absolute Gasteiger partial charge is 0.393 e. The van der Waals surface area contributed by atoms with Crippen LogP contribution in [0, 0.1) is 23.8 Å². The van der Waals surface area contributed by atoms with E-state index in [1.165, 1.54) is 31.2 Å². The number of aliphatic hydroxyl groups is 1. The number of rotatable bonds is 5. The van der Waals surface area contributed by atoms with Crippen LogP contribution in [0.2, 0.25) is 5.02 Å². The van der Waals surface area contributed by atoms with Crippen LogP contribution in [0.5, 0.6) is 0 Å². The minimum absolute atomic E-state index is 0.175. The Balaban J connectivity index is 2.02. The molecule has 7 nitrogen and oxygen atoms in total. The van der Waals surface area contributed by atoms with E-state index in [0.29, 0.717) is 16.8 Å². The number of carbonyl (C=O) groups is 2. The minimum atomic E-state index is -0.980. The summed E-state index contributed by atoms with van der Waals surface area (Å²) in [4.78, 5) is 27.8. The predicted octanol–water partition coefficient (Wildman–Crippen LogP) is 2.76. The van der Waals surface area contributed by atoms with E-state index >= 15 is 0 Å². The van der Waals surface area contributed by atoms with Gasteiger partial charge in [-0.05, 0) is 43.2 Å². The molecule has 2 aromatic carbocycles. The number of nitrogens with zero attached hydrogens (tertiary/aromatic N) is 2. The number of aliphatic hydroxyl groups excluding tert-OH is 1. The highest BCUT2D eigenvalue weighted by atomic mass is 35.5. The summed E-state index contributed by atoms with van der Waals surface area (Å²) < 4.78 is 0. The summed E-state index contributed by atoms with van der Waals surface area (Å²) >= 11 is 6.01. The molecule has 0 aromatic heterocycles. The highest BCUT2D eigenvalue weighted by Gasteiger charge is 2.25. The summed E-state index contributed by atoms with van der Waals surface area (Å²) in [5.41, 5.74) is 6.26. The van der Waals surface area contributed by atoms with E-state index in [-0.39, 0.29) is 17.0 Å². The van der Waals surface area contributed by atoms with Crippen molar-refractivity contribution in [2.75, 3.05) is 0 Å². The first-order valence-electron chi connectivity index (χ1n) is 8.30. The second-order valence-electron chi connectivity index (χ2n) is 6.08. The predicted molar refractivity (Wildman–Crippen MR) is 103 cm³/mol. The zero-order valence-corrected chi connectivity index (χ0v) is 15.7. The zero-order chi connectivity index (χ0) is 20.7. The molecule has 0 fully saturated rings. The highest BCUT2D eigenvalue weighted by Crippen LogP contribution is 2.27. The summed E-state index contributed by atoms with van der Waals surface area (Å²) in [5.74, 6) is -1.95. The van der Waals surface area contributed by atoms with Gasteiger partial charge in [-0.3, -0.25) is 20.4 Å². The fourth-order valence-corrected chi connectivity index (χ4v) is 2.73. The number of nitriles is 1. The SMILES string of the molecule is [C-]#[N+]c1ccc(C[C@@H](C(=O)NNC(=O)c2ccc(C#N)cc2)[C@H](C)O)cc1Cl. The Morgan fingerprint density at radius 1 is 1.25 bits per heavy atom. The second kappa shape index (κ2) is 9.52. The van der Waals surface area contributed by atoms with Crippen molar-refractivity contribution in [1.82, 2.24) is 10.9 Å². The Morgan fingerprint density at radius 3 is 2.46 bits per heavy atom. The van der Waals surface area contributed by atoms with Gasteiger partial charge in [0.15, 0.2) is 0 Å². The first kappa shape index (κ1) is 20.9. The summed E-state index contributed by atoms with van der Waals surface area (Å²) in [6, 6.07) is 12.7. The summed E-state index contributed by atoms with van der Waals surface area (Å²) in [5, 5.41) is 19.0. The summed E-state index contributed by atoms with van der Waals surface area (Å²) in [7, 11) is 0. The van der Waals surface area contributed by atoms with Gasteiger partial charge in [-0.1, -0.05) is 29.8 Å². The number of hydrazine groups is 1. The Kier molecular flexibility index (Phi) is 7.11. The van der Waals surface area contributed by atoms with Gasteiger partial charge in [0.2, 0.25) is 11.6 Å². The molecule has 2 amide bonds. The standard InChI is InChI=1S/C20H17ClN4O3/c1-12(26)16(9-14-5-8-18(23-2)17(21)10-14)20(28)25-24-19(27)15-6-3-13(11-22)4-7-15/h3-8,10,12,16,26H,9H2,1H3,(H,24,27)(H,25,28)/t12-,16+/m0/s1. The maximum Gasteiger partial charge on any atom is 0.269 e. The Hall–Kier alpha value is -3.39. The lowest BCUT2D eigenvalue weighted by Gasteiger charge is -2.20. The van der Waals surface area contributed by atoms with E-state index in [0.717, 1.165) is 0 Å². The molecule has 0 bridgehead atoms. The molecule has 0 spiro atoms. The number of benzene rings is 2. The molecule has 8 heteroatoms. The van der Waals surface area contributed by atoms with Gasteiger partial charge < -0.3 is 5.11 Å². The molecular weight excluding hydrogens is 380 g/mol. The average molecular weight is 397 g/mol. The van der Waals surface area contributed by atoms with Crippen molar-refractivity contribution >= 4 is 29.1 Å². The number of hydrogen-bond acceptors (Lipinski definition) is 4. The quantitative estimate of drug-likeness (QED) is 0.533. The number of carbonyl (C=O) groups excluding carboxylic acids is 2. The third kappa shape index (κ3) is 5.31. The van der Waals surface area contributed by atoms with Crippen LogP contribution in [0.4, 0.5) is 5.69 Å². The molecule has 142 valence electrons. The highest BCUT2D eigenvalue weighted by molar-refractivity contribution is 6.33. The van der Waals surface area contributed by atoms with E-state index < -0.39 is 23.8 Å². The van der Waals surface area contributed by atoms with Crippen molar-refractivity contribution in [1.29, 1.82) is 5.26 Å². The smallest absolute Gasteiger partial charge is 0.269 e. The monoisotopic (exact) mass is 396 g/mol. The number of amides is 2. The molecule has 0 heterocycles. The van der Waals surface area contributed by atoms with Gasteiger partial charge in [-0.2, -0.15) is 5.26 Å². The van der Waals surface area contributed by atoms with Crippen LogP contribution in [0.1, 0.15) is 28.4 Å². The molecule has 2 rings (SSSR count). The number of nitrogens with one attached hydrogen (secondary N) is 2. The van der Waals surface area contributed by atoms with E-state index in [1.54, 1.807) is 18.2 Å². The van der Waals surface area contributed by atoms with Crippen LogP contribution in [-0.2, 0) is 11.2 Å². The molecule has 0 saturated heterocycles. The van der Waals surface area contributed by atoms with Crippen LogP contribution in [0.3, 0.4) is 0 Å². The van der Waals surface area contributed by atoms with Crippen LogP contribution in [0.25, 0.3) is 4.85 Å². The van der Waals surface area contributed by atoms with E-state index in [2.05, 4.69) is 15.7 Å². The first-order valence-corrected chi connectivity index (χ1v) is 8.67. The molecule has 28 heavy (non-hydrogen) atoms. The topological polar surface area (TPSA) is 107 Å². The molecule has 0 aliphatic carbocycles. The Morgan fingerprint density at radius 2 is 1.93 bits per heavy atom. The van der Waals surface area contributed by atoms with Crippen LogP contribution in [-0.4, -0.2) is 23.0 Å². The van der Waals surface area contributed by atoms with Crippen molar-refractivity contribution in [2.45, 2.75) is 19.4 Å². The molecule has 2 atom stereocenters. The first-order chi connectivity index (χ1) is 13.3. The van der Waals surface area contributed by atoms with Gasteiger partial charge in [-0.25, -0.2) is 4.85 Å². The van der Waals surface area contributed by atoms with Crippen LogP contribution < -0.4 is 10.9 Å². The van der Waals surface area contributed by atoms with Crippen molar-refractivity contribution in [3.05, 3.63) is 75.6 Å². The van der Waals surface area contributed by atoms with Gasteiger partial charge in [0.05, 0.1) is 30.2 Å². The van der Waals surface area contributed by atoms with Gasteiger partial charge >= 0.3 is 0 Å². The van der Waals surface area contributed by atoms with Crippen LogP contribution in [0.15, 0.2) is 42.5 Å². The molecule has 0 radical (unpaired) electrons. The molecular formula is C20H17ClN4O3. The number of halogens is 1. The third-order valence-corrected chi connectivity index (χ3v) is 4.39. The minimum Gasteiger partial charge on any atom is -0.393 e. The second-order valence-corrected chi connectivity index (χ2v) is 6.49. The lowest BCUT2D eigenvalue weighted by Crippen LogP contribution is -2.47. The van der Waals surface area contributed by atoms with Crippen molar-refractivity contribution < 1.29 is 14.7 Å². The van der Waals surface area contributed by atoms with E-state index in [9.17, 15) is 14.7 Å². The Bertz CT molecular complexity index is 959. The lowest BCUT2D eigenvalue weighted by molar-refractivity contribution is -0.128. The van der Waals surface area contributed by atoms with E-state index in [1.807, 2.05) is 6.07 Å². The normalized spacial score (nSPS) is 12.2. The third-order valence-electron chi connectivity index (χ3n) is 4.08. The maximum absolute atomic E-state index is 12.4. The molecule has 2 aromatic rings. The Labute approximate surface area is 167 Å². The van der Waals surface area contributed by atoms with Crippen molar-refractivity contribution in [3.63, 3.8) is 0 Å². The summed E-state index contributed by atoms with van der Waals surface area (Å²) in [6.07, 6.45) is -0.806. The van der Waals surface area contributed by atoms with Gasteiger partial charge in [0.1, 0.15) is 0 Å². The van der Waals surface area contributed by atoms with E-state index in [4.69, 9.17) is 23.4 Å².